The maximum atomic E-state index is 12.6. The summed E-state index contributed by atoms with van der Waals surface area (Å²) in [5.41, 5.74) is 0.458. The molecule has 0 aromatic heterocycles. The van der Waals surface area contributed by atoms with Crippen molar-refractivity contribution in [2.24, 2.45) is 0 Å². The SMILES string of the molecule is O=C(Nc1cccc(S(=O)(=O)N2CCOCC2)c1)[C@H]1CCCO1. The molecule has 2 fully saturated rings. The molecule has 1 N–H and O–H groups in total. The van der Waals surface area contributed by atoms with Crippen LogP contribution in [0, 0.1) is 0 Å². The standard InChI is InChI=1S/C15H20N2O5S/c18-15(14-5-2-8-22-14)16-12-3-1-4-13(11-12)23(19,20)17-6-9-21-10-7-17/h1,3-4,11,14H,2,5-10H2,(H,16,18)/t14-/m1/s1. The average Bonchev–Trinajstić information content (AvgIpc) is 3.10. The van der Waals surface area contributed by atoms with Gasteiger partial charge in [-0.1, -0.05) is 6.07 Å². The van der Waals surface area contributed by atoms with E-state index < -0.39 is 16.1 Å². The van der Waals surface area contributed by atoms with E-state index in [1.165, 1.54) is 16.4 Å². The molecule has 7 nitrogen and oxygen atoms in total. The molecule has 2 heterocycles. The number of hydrogen-bond donors (Lipinski definition) is 1. The van der Waals surface area contributed by atoms with Crippen molar-refractivity contribution in [3.05, 3.63) is 24.3 Å². The molecule has 2 aliphatic heterocycles. The molecular weight excluding hydrogens is 320 g/mol. The Kier molecular flexibility index (Phi) is 4.96. The maximum Gasteiger partial charge on any atom is 0.253 e. The van der Waals surface area contributed by atoms with Crippen LogP contribution >= 0.6 is 0 Å². The minimum atomic E-state index is -3.57. The van der Waals surface area contributed by atoms with Crippen LogP contribution in [0.15, 0.2) is 29.2 Å². The van der Waals surface area contributed by atoms with Crippen LogP contribution in [0.4, 0.5) is 5.69 Å². The second kappa shape index (κ2) is 6.96. The van der Waals surface area contributed by atoms with E-state index in [0.717, 1.165) is 6.42 Å². The number of sulfonamides is 1. The van der Waals surface area contributed by atoms with Crippen LogP contribution in [-0.4, -0.2) is 57.6 Å². The molecular formula is C15H20N2O5S. The molecule has 23 heavy (non-hydrogen) atoms. The van der Waals surface area contributed by atoms with Gasteiger partial charge in [0.1, 0.15) is 6.10 Å². The van der Waals surface area contributed by atoms with Crippen molar-refractivity contribution >= 4 is 21.6 Å². The minimum absolute atomic E-state index is 0.171. The monoisotopic (exact) mass is 340 g/mol. The second-order valence-corrected chi connectivity index (χ2v) is 7.47. The predicted octanol–water partition coefficient (Wildman–Crippen LogP) is 0.825. The van der Waals surface area contributed by atoms with Gasteiger partial charge in [0, 0.05) is 25.4 Å². The third-order valence-electron chi connectivity index (χ3n) is 3.93. The molecule has 1 atom stereocenters. The van der Waals surface area contributed by atoms with Crippen LogP contribution in [0.5, 0.6) is 0 Å². The number of nitrogens with zero attached hydrogens (tertiary/aromatic N) is 1. The highest BCUT2D eigenvalue weighted by atomic mass is 32.2. The minimum Gasteiger partial charge on any atom is -0.379 e. The summed E-state index contributed by atoms with van der Waals surface area (Å²) in [6.45, 7) is 2.07. The summed E-state index contributed by atoms with van der Waals surface area (Å²) in [5, 5.41) is 2.73. The molecule has 0 aliphatic carbocycles. The Morgan fingerprint density at radius 3 is 2.70 bits per heavy atom. The summed E-state index contributed by atoms with van der Waals surface area (Å²) < 4.78 is 37.1. The van der Waals surface area contributed by atoms with Gasteiger partial charge in [-0.05, 0) is 31.0 Å². The molecule has 0 saturated carbocycles. The molecule has 1 aromatic carbocycles. The first-order valence-electron chi connectivity index (χ1n) is 7.68. The van der Waals surface area contributed by atoms with E-state index in [-0.39, 0.29) is 10.8 Å². The van der Waals surface area contributed by atoms with Crippen molar-refractivity contribution in [2.45, 2.75) is 23.8 Å². The van der Waals surface area contributed by atoms with Gasteiger partial charge in [-0.25, -0.2) is 8.42 Å². The topological polar surface area (TPSA) is 84.9 Å². The highest BCUT2D eigenvalue weighted by molar-refractivity contribution is 7.89. The molecule has 1 amide bonds. The summed E-state index contributed by atoms with van der Waals surface area (Å²) in [6.07, 6.45) is 1.11. The van der Waals surface area contributed by atoms with Gasteiger partial charge in [-0.3, -0.25) is 4.79 Å². The lowest BCUT2D eigenvalue weighted by atomic mass is 10.2. The Morgan fingerprint density at radius 1 is 1.22 bits per heavy atom. The zero-order valence-electron chi connectivity index (χ0n) is 12.7. The number of benzene rings is 1. The van der Waals surface area contributed by atoms with Gasteiger partial charge in [0.15, 0.2) is 0 Å². The van der Waals surface area contributed by atoms with Crippen molar-refractivity contribution in [1.29, 1.82) is 0 Å². The summed E-state index contributed by atoms with van der Waals surface area (Å²) in [7, 11) is -3.57. The quantitative estimate of drug-likeness (QED) is 0.877. The van der Waals surface area contributed by atoms with E-state index in [4.69, 9.17) is 9.47 Å². The highest BCUT2D eigenvalue weighted by Gasteiger charge is 2.27. The first-order chi connectivity index (χ1) is 11.1. The molecule has 0 bridgehead atoms. The lowest BCUT2D eigenvalue weighted by Crippen LogP contribution is -2.40. The Hall–Kier alpha value is -1.48. The normalized spacial score (nSPS) is 22.9. The number of anilines is 1. The van der Waals surface area contributed by atoms with E-state index in [2.05, 4.69) is 5.32 Å². The fraction of sp³-hybridized carbons (Fsp3) is 0.533. The predicted molar refractivity (Wildman–Crippen MR) is 83.6 cm³/mol. The fourth-order valence-corrected chi connectivity index (χ4v) is 4.13. The van der Waals surface area contributed by atoms with Crippen molar-refractivity contribution in [3.8, 4) is 0 Å². The van der Waals surface area contributed by atoms with Crippen molar-refractivity contribution < 1.29 is 22.7 Å². The van der Waals surface area contributed by atoms with E-state index in [0.29, 0.717) is 45.0 Å². The summed E-state index contributed by atoms with van der Waals surface area (Å²) in [6, 6.07) is 6.31. The van der Waals surface area contributed by atoms with Gasteiger partial charge in [-0.2, -0.15) is 4.31 Å². The van der Waals surface area contributed by atoms with Crippen molar-refractivity contribution in [3.63, 3.8) is 0 Å². The van der Waals surface area contributed by atoms with Crippen LogP contribution in [0.25, 0.3) is 0 Å². The zero-order valence-corrected chi connectivity index (χ0v) is 13.5. The van der Waals surface area contributed by atoms with E-state index >= 15 is 0 Å². The molecule has 0 spiro atoms. The van der Waals surface area contributed by atoms with Crippen LogP contribution < -0.4 is 5.32 Å². The summed E-state index contributed by atoms with van der Waals surface area (Å²) in [5.74, 6) is -0.233. The lowest BCUT2D eigenvalue weighted by Gasteiger charge is -2.26. The number of morpholine rings is 1. The van der Waals surface area contributed by atoms with E-state index in [1.807, 2.05) is 0 Å². The Labute approximate surface area is 135 Å². The highest BCUT2D eigenvalue weighted by Crippen LogP contribution is 2.21. The first-order valence-corrected chi connectivity index (χ1v) is 9.12. The van der Waals surface area contributed by atoms with Gasteiger partial charge >= 0.3 is 0 Å². The van der Waals surface area contributed by atoms with Crippen molar-refractivity contribution in [1.82, 2.24) is 4.31 Å². The maximum absolute atomic E-state index is 12.6. The first kappa shape index (κ1) is 16.4. The molecule has 8 heteroatoms. The third kappa shape index (κ3) is 3.72. The molecule has 2 saturated heterocycles. The molecule has 3 rings (SSSR count). The Morgan fingerprint density at radius 2 is 2.00 bits per heavy atom. The number of rotatable bonds is 4. The zero-order chi connectivity index (χ0) is 16.3. The van der Waals surface area contributed by atoms with Gasteiger partial charge in [0.2, 0.25) is 10.0 Å². The fourth-order valence-electron chi connectivity index (χ4n) is 2.68. The smallest absolute Gasteiger partial charge is 0.253 e. The number of carbonyl (C=O) groups excluding carboxylic acids is 1. The molecule has 0 radical (unpaired) electrons. The largest absolute Gasteiger partial charge is 0.379 e. The van der Waals surface area contributed by atoms with Crippen LogP contribution in [-0.2, 0) is 24.3 Å². The Bertz CT molecular complexity index is 664. The Balaban J connectivity index is 1.75. The number of nitrogens with one attached hydrogen (secondary N) is 1. The second-order valence-electron chi connectivity index (χ2n) is 5.54. The van der Waals surface area contributed by atoms with E-state index in [9.17, 15) is 13.2 Å². The van der Waals surface area contributed by atoms with E-state index in [1.54, 1.807) is 12.1 Å². The molecule has 2 aliphatic rings. The number of ether oxygens (including phenoxy) is 2. The molecule has 126 valence electrons. The van der Waals surface area contributed by atoms with Crippen LogP contribution in [0.1, 0.15) is 12.8 Å². The van der Waals surface area contributed by atoms with Crippen LogP contribution in [0.2, 0.25) is 0 Å². The third-order valence-corrected chi connectivity index (χ3v) is 5.83. The van der Waals surface area contributed by atoms with Crippen molar-refractivity contribution in [2.75, 3.05) is 38.2 Å². The van der Waals surface area contributed by atoms with Gasteiger partial charge in [0.05, 0.1) is 18.1 Å². The molecule has 0 unspecified atom stereocenters. The average molecular weight is 340 g/mol. The van der Waals surface area contributed by atoms with Gasteiger partial charge < -0.3 is 14.8 Å². The lowest BCUT2D eigenvalue weighted by molar-refractivity contribution is -0.124. The summed E-state index contributed by atoms with van der Waals surface area (Å²) in [4.78, 5) is 12.2. The van der Waals surface area contributed by atoms with Gasteiger partial charge in [0.25, 0.3) is 5.91 Å². The van der Waals surface area contributed by atoms with Gasteiger partial charge in [-0.15, -0.1) is 0 Å². The van der Waals surface area contributed by atoms with Crippen LogP contribution in [0.3, 0.4) is 0 Å². The summed E-state index contributed by atoms with van der Waals surface area (Å²) >= 11 is 0. The number of hydrogen-bond acceptors (Lipinski definition) is 5. The number of amides is 1. The number of carbonyl (C=O) groups is 1. The molecule has 1 aromatic rings.